The number of unbranched alkanes of at least 4 members (excludes halogenated alkanes) is 4. The van der Waals surface area contributed by atoms with Crippen molar-refractivity contribution in [3.8, 4) is 0 Å². The number of nitrogens with one attached hydrogen (secondary N) is 2. The Hall–Kier alpha value is -1.04. The van der Waals surface area contributed by atoms with Gasteiger partial charge in [0.15, 0.2) is 0 Å². The van der Waals surface area contributed by atoms with Crippen LogP contribution in [0.15, 0.2) is 30.5 Å². The molecule has 6 heteroatoms. The number of hydrogen-bond acceptors (Lipinski definition) is 2. The minimum atomic E-state index is -1.00. The number of rotatable bonds is 10. The number of fused-ring (bicyclic) bond motifs is 1. The average Bonchev–Trinajstić information content (AvgIpc) is 2.97. The summed E-state index contributed by atoms with van der Waals surface area (Å²) >= 11 is 0. The van der Waals surface area contributed by atoms with Crippen molar-refractivity contribution in [2.45, 2.75) is 57.9 Å². The number of amides is 1. The number of hydrogen-bond donors (Lipinski definition) is 3. The molecule has 0 aliphatic rings. The zero-order valence-electron chi connectivity index (χ0n) is 14.2. The van der Waals surface area contributed by atoms with E-state index in [0.29, 0.717) is 6.42 Å². The summed E-state index contributed by atoms with van der Waals surface area (Å²) in [6.45, 7) is 2.15. The predicted octanol–water partition coefficient (Wildman–Crippen LogP) is 2.72. The van der Waals surface area contributed by atoms with Crippen molar-refractivity contribution in [2.75, 3.05) is 0 Å². The number of benzene rings is 1. The first kappa shape index (κ1) is 22.0. The quantitative estimate of drug-likeness (QED) is 0.443. The van der Waals surface area contributed by atoms with Gasteiger partial charge in [0.1, 0.15) is 6.04 Å². The zero-order chi connectivity index (χ0) is 17.4. The van der Waals surface area contributed by atoms with Gasteiger partial charge in [-0.15, -0.1) is 0 Å². The molecule has 0 spiro atoms. The van der Waals surface area contributed by atoms with Crippen molar-refractivity contribution in [3.63, 3.8) is 0 Å². The summed E-state index contributed by atoms with van der Waals surface area (Å²) < 4.78 is 0. The Labute approximate surface area is 178 Å². The van der Waals surface area contributed by atoms with Crippen molar-refractivity contribution in [1.82, 2.24) is 10.3 Å². The fourth-order valence-electron chi connectivity index (χ4n) is 2.88. The molecule has 0 unspecified atom stereocenters. The molecule has 0 radical (unpaired) electrons. The Morgan fingerprint density at radius 1 is 1.16 bits per heavy atom. The maximum absolute atomic E-state index is 12.0. The van der Waals surface area contributed by atoms with E-state index in [-0.39, 0.29) is 50.1 Å². The summed E-state index contributed by atoms with van der Waals surface area (Å²) in [5, 5.41) is 13.1. The van der Waals surface area contributed by atoms with Gasteiger partial charge in [0.25, 0.3) is 0 Å². The minimum absolute atomic E-state index is 0. The molecule has 0 fully saturated rings. The van der Waals surface area contributed by atoms with Crippen molar-refractivity contribution in [3.05, 3.63) is 36.0 Å². The van der Waals surface area contributed by atoms with Gasteiger partial charge in [-0.25, -0.2) is 4.79 Å². The molecule has 2 rings (SSSR count). The Morgan fingerprint density at radius 2 is 1.88 bits per heavy atom. The number of para-hydroxylation sites is 1. The third-order valence-electron chi connectivity index (χ3n) is 4.24. The molecule has 0 bridgehead atoms. The molecule has 134 valence electrons. The van der Waals surface area contributed by atoms with Gasteiger partial charge in [0.2, 0.25) is 5.91 Å². The van der Waals surface area contributed by atoms with Crippen LogP contribution in [0.5, 0.6) is 0 Å². The van der Waals surface area contributed by atoms with Gasteiger partial charge in [0, 0.05) is 29.9 Å². The van der Waals surface area contributed by atoms with Crippen LogP contribution < -0.4 is 5.32 Å². The van der Waals surface area contributed by atoms with E-state index in [0.717, 1.165) is 42.1 Å². The van der Waals surface area contributed by atoms with Crippen LogP contribution in [0.4, 0.5) is 0 Å². The molecule has 1 aromatic heterocycles. The van der Waals surface area contributed by atoms with Gasteiger partial charge in [-0.1, -0.05) is 50.8 Å². The van der Waals surface area contributed by atoms with Gasteiger partial charge in [-0.05, 0) is 18.1 Å². The van der Waals surface area contributed by atoms with E-state index >= 15 is 0 Å². The first-order valence-corrected chi connectivity index (χ1v) is 8.69. The summed E-state index contributed by atoms with van der Waals surface area (Å²) in [5.41, 5.74) is 1.88. The van der Waals surface area contributed by atoms with E-state index in [4.69, 9.17) is 0 Å². The third-order valence-corrected chi connectivity index (χ3v) is 4.24. The number of H-pyrrole nitrogens is 1. The SMILES string of the molecule is CCCCCCCC(=O)N[C@@H](Cc1c[nH]c2ccccc12)C(=O)O.[CaH2]. The second kappa shape index (κ2) is 11.6. The molecule has 1 aromatic carbocycles. The molecule has 0 saturated heterocycles. The summed E-state index contributed by atoms with van der Waals surface area (Å²) in [4.78, 5) is 26.6. The Kier molecular flexibility index (Phi) is 10.2. The molecule has 0 aliphatic heterocycles. The van der Waals surface area contributed by atoms with Crippen LogP contribution in [0.2, 0.25) is 0 Å². The topological polar surface area (TPSA) is 82.2 Å². The second-order valence-corrected chi connectivity index (χ2v) is 6.19. The van der Waals surface area contributed by atoms with E-state index < -0.39 is 12.0 Å². The van der Waals surface area contributed by atoms with Gasteiger partial charge < -0.3 is 15.4 Å². The normalized spacial score (nSPS) is 11.7. The van der Waals surface area contributed by atoms with Gasteiger partial charge in [-0.2, -0.15) is 0 Å². The molecular weight excluding hydrogens is 344 g/mol. The zero-order valence-corrected chi connectivity index (χ0v) is 14.2. The number of carbonyl (C=O) groups is 2. The predicted molar refractivity (Wildman–Crippen MR) is 103 cm³/mol. The van der Waals surface area contributed by atoms with E-state index in [1.807, 2.05) is 30.5 Å². The van der Waals surface area contributed by atoms with E-state index in [1.54, 1.807) is 0 Å². The van der Waals surface area contributed by atoms with Crippen LogP contribution in [0.1, 0.15) is 51.0 Å². The summed E-state index contributed by atoms with van der Waals surface area (Å²) in [6, 6.07) is 6.86. The Bertz CT molecular complexity index is 684. The third kappa shape index (κ3) is 7.00. The molecule has 3 N–H and O–H groups in total. The number of carbonyl (C=O) groups excluding carboxylic acids is 1. The molecule has 0 saturated carbocycles. The van der Waals surface area contributed by atoms with Gasteiger partial charge in [0.05, 0.1) is 0 Å². The van der Waals surface area contributed by atoms with E-state index in [2.05, 4.69) is 17.2 Å². The summed E-state index contributed by atoms with van der Waals surface area (Å²) in [5.74, 6) is -1.18. The molecule has 25 heavy (non-hydrogen) atoms. The number of aromatic nitrogens is 1. The van der Waals surface area contributed by atoms with E-state index in [9.17, 15) is 14.7 Å². The van der Waals surface area contributed by atoms with Crippen LogP contribution in [0.3, 0.4) is 0 Å². The van der Waals surface area contributed by atoms with Gasteiger partial charge in [-0.3, -0.25) is 4.79 Å². The van der Waals surface area contributed by atoms with Gasteiger partial charge >= 0.3 is 43.7 Å². The first-order chi connectivity index (χ1) is 11.6. The van der Waals surface area contributed by atoms with E-state index in [1.165, 1.54) is 6.42 Å². The first-order valence-electron chi connectivity index (χ1n) is 8.69. The maximum atomic E-state index is 12.0. The number of carboxylic acid groups (broad SMARTS) is 1. The van der Waals surface area contributed by atoms with Crippen molar-refractivity contribution in [2.24, 2.45) is 0 Å². The Balaban J connectivity index is 0.00000312. The standard InChI is InChI=1S/C19H26N2O3.Ca.2H/c1-2-3-4-5-6-11-18(22)21-17(19(23)24)12-14-13-20-16-10-8-7-9-15(14)16;;;/h7-10,13,17,20H,2-6,11-12H2,1H3,(H,21,22)(H,23,24);;;/t17-;;;/m0.../s1. The summed E-state index contributed by atoms with van der Waals surface area (Å²) in [7, 11) is 0. The fourth-order valence-corrected chi connectivity index (χ4v) is 2.88. The molecule has 5 nitrogen and oxygen atoms in total. The fraction of sp³-hybridized carbons (Fsp3) is 0.474. The van der Waals surface area contributed by atoms with Crippen LogP contribution in [0.25, 0.3) is 10.9 Å². The Morgan fingerprint density at radius 3 is 2.60 bits per heavy atom. The van der Waals surface area contributed by atoms with Crippen LogP contribution in [0, 0.1) is 0 Å². The number of aliphatic carboxylic acids is 1. The second-order valence-electron chi connectivity index (χ2n) is 6.19. The average molecular weight is 373 g/mol. The van der Waals surface area contributed by atoms with Crippen molar-refractivity contribution < 1.29 is 14.7 Å². The van der Waals surface area contributed by atoms with Crippen molar-refractivity contribution >= 4 is 60.5 Å². The van der Waals surface area contributed by atoms with Crippen LogP contribution in [-0.4, -0.2) is 65.7 Å². The van der Waals surface area contributed by atoms with Crippen molar-refractivity contribution in [1.29, 1.82) is 0 Å². The van der Waals surface area contributed by atoms with Crippen LogP contribution in [-0.2, 0) is 16.0 Å². The van der Waals surface area contributed by atoms with Crippen LogP contribution >= 0.6 is 0 Å². The monoisotopic (exact) mass is 372 g/mol. The molecular formula is C19H28CaN2O3. The number of aromatic amines is 1. The number of carboxylic acids is 1. The molecule has 0 aliphatic carbocycles. The molecule has 1 heterocycles. The molecule has 1 amide bonds. The summed E-state index contributed by atoms with van der Waals surface area (Å²) in [6.07, 6.45) is 7.78. The molecule has 2 aromatic rings. The molecule has 1 atom stereocenters.